The van der Waals surface area contributed by atoms with E-state index in [0.717, 1.165) is 11.3 Å². The summed E-state index contributed by atoms with van der Waals surface area (Å²) < 4.78 is 23.5. The van der Waals surface area contributed by atoms with Crippen LogP contribution in [0.25, 0.3) is 11.3 Å². The summed E-state index contributed by atoms with van der Waals surface area (Å²) >= 11 is 10.9. The Morgan fingerprint density at radius 2 is 1.92 bits per heavy atom. The highest BCUT2D eigenvalue weighted by molar-refractivity contribution is 7.80. The average Bonchev–Trinajstić information content (AvgIpc) is 3.06. The molecule has 0 radical (unpaired) electrons. The fourth-order valence-corrected chi connectivity index (χ4v) is 2.48. The third-order valence-corrected chi connectivity index (χ3v) is 3.80. The minimum absolute atomic E-state index is 0.00857. The number of benzene rings is 2. The molecule has 5 nitrogen and oxygen atoms in total. The molecule has 0 aliphatic heterocycles. The van der Waals surface area contributed by atoms with Crippen LogP contribution in [0, 0.1) is 5.82 Å². The van der Waals surface area contributed by atoms with Crippen LogP contribution in [0.5, 0.6) is 5.75 Å². The lowest BCUT2D eigenvalue weighted by molar-refractivity contribution is 0.415. The lowest BCUT2D eigenvalue weighted by Crippen LogP contribution is -2.18. The zero-order valence-corrected chi connectivity index (χ0v) is 14.6. The smallest absolute Gasteiger partial charge is 0.231 e. The fourth-order valence-electron chi connectivity index (χ4n) is 2.08. The molecule has 0 atom stereocenters. The second-order valence-electron chi connectivity index (χ2n) is 5.01. The minimum atomic E-state index is -0.495. The van der Waals surface area contributed by atoms with Crippen LogP contribution in [-0.2, 0) is 0 Å². The summed E-state index contributed by atoms with van der Waals surface area (Å²) in [6.45, 7) is 0. The van der Waals surface area contributed by atoms with Crippen molar-refractivity contribution >= 4 is 40.5 Å². The number of methoxy groups -OCH3 is 1. The van der Waals surface area contributed by atoms with Crippen LogP contribution < -0.4 is 15.4 Å². The van der Waals surface area contributed by atoms with Gasteiger partial charge in [0.1, 0.15) is 17.3 Å². The zero-order valence-electron chi connectivity index (χ0n) is 13.0. The van der Waals surface area contributed by atoms with Crippen molar-refractivity contribution in [2.45, 2.75) is 0 Å². The number of halogens is 2. The first-order chi connectivity index (χ1) is 12.0. The van der Waals surface area contributed by atoms with Crippen molar-refractivity contribution in [3.63, 3.8) is 0 Å². The lowest BCUT2D eigenvalue weighted by Gasteiger charge is -2.08. The molecule has 25 heavy (non-hydrogen) atoms. The molecule has 2 N–H and O–H groups in total. The van der Waals surface area contributed by atoms with Gasteiger partial charge in [-0.05, 0) is 54.7 Å². The van der Waals surface area contributed by atoms with Crippen molar-refractivity contribution in [2.24, 2.45) is 0 Å². The van der Waals surface area contributed by atoms with E-state index in [0.29, 0.717) is 17.3 Å². The van der Waals surface area contributed by atoms with Crippen LogP contribution in [0.4, 0.5) is 16.0 Å². The first-order valence-electron chi connectivity index (χ1n) is 7.19. The third-order valence-electron chi connectivity index (χ3n) is 3.31. The van der Waals surface area contributed by atoms with Gasteiger partial charge in [0, 0.05) is 17.3 Å². The summed E-state index contributed by atoms with van der Waals surface area (Å²) in [5.41, 5.74) is 2.08. The Morgan fingerprint density at radius 3 is 2.60 bits per heavy atom. The summed E-state index contributed by atoms with van der Waals surface area (Å²) in [6, 6.07) is 13.3. The highest BCUT2D eigenvalue weighted by atomic mass is 35.5. The van der Waals surface area contributed by atoms with Crippen molar-refractivity contribution < 1.29 is 13.7 Å². The van der Waals surface area contributed by atoms with E-state index in [1.807, 2.05) is 24.3 Å². The predicted octanol–water partition coefficient (Wildman–Crippen LogP) is 4.95. The van der Waals surface area contributed by atoms with E-state index in [2.05, 4.69) is 15.8 Å². The average molecular weight is 378 g/mol. The largest absolute Gasteiger partial charge is 0.497 e. The number of hydrogen-bond acceptors (Lipinski definition) is 4. The maximum Gasteiger partial charge on any atom is 0.231 e. The van der Waals surface area contributed by atoms with Gasteiger partial charge in [-0.15, -0.1) is 0 Å². The maximum atomic E-state index is 13.2. The van der Waals surface area contributed by atoms with Gasteiger partial charge in [-0.1, -0.05) is 16.8 Å². The highest BCUT2D eigenvalue weighted by Gasteiger charge is 2.09. The standard InChI is InChI=1S/C17H13ClFN3O2S/c1-23-12-5-2-10(3-6-12)15-9-16(24-22-15)21-17(25)20-11-4-7-14(19)13(18)8-11/h2-9H,1H3,(H2,20,21,25). The minimum Gasteiger partial charge on any atom is -0.497 e. The van der Waals surface area contributed by atoms with Gasteiger partial charge in [0.15, 0.2) is 5.11 Å². The monoisotopic (exact) mass is 377 g/mol. The first-order valence-corrected chi connectivity index (χ1v) is 7.98. The molecular weight excluding hydrogens is 365 g/mol. The van der Waals surface area contributed by atoms with E-state index < -0.39 is 5.82 Å². The lowest BCUT2D eigenvalue weighted by atomic mass is 10.1. The first kappa shape index (κ1) is 17.2. The fraction of sp³-hybridized carbons (Fsp3) is 0.0588. The molecule has 0 unspecified atom stereocenters. The van der Waals surface area contributed by atoms with Crippen LogP contribution >= 0.6 is 23.8 Å². The summed E-state index contributed by atoms with van der Waals surface area (Å²) in [7, 11) is 1.61. The Labute approximate surface area is 153 Å². The van der Waals surface area contributed by atoms with E-state index in [1.54, 1.807) is 13.2 Å². The molecule has 3 aromatic rings. The van der Waals surface area contributed by atoms with Gasteiger partial charge < -0.3 is 19.9 Å². The van der Waals surface area contributed by atoms with Gasteiger partial charge in [0.2, 0.25) is 5.88 Å². The molecular formula is C17H13ClFN3O2S. The number of anilines is 2. The number of nitrogens with one attached hydrogen (secondary N) is 2. The van der Waals surface area contributed by atoms with Crippen molar-refractivity contribution in [3.8, 4) is 17.0 Å². The molecule has 2 aromatic carbocycles. The molecule has 0 amide bonds. The number of aromatic nitrogens is 1. The van der Waals surface area contributed by atoms with E-state index in [9.17, 15) is 4.39 Å². The van der Waals surface area contributed by atoms with Gasteiger partial charge in [-0.3, -0.25) is 0 Å². The van der Waals surface area contributed by atoms with Crippen molar-refractivity contribution in [2.75, 3.05) is 17.7 Å². The van der Waals surface area contributed by atoms with Gasteiger partial charge in [-0.2, -0.15) is 0 Å². The van der Waals surface area contributed by atoms with Crippen LogP contribution in [0.15, 0.2) is 53.1 Å². The van der Waals surface area contributed by atoms with E-state index in [-0.39, 0.29) is 10.1 Å². The Kier molecular flexibility index (Phi) is 5.16. The molecule has 0 aliphatic rings. The normalized spacial score (nSPS) is 10.4. The summed E-state index contributed by atoms with van der Waals surface area (Å²) in [6.07, 6.45) is 0. The molecule has 0 saturated heterocycles. The zero-order chi connectivity index (χ0) is 17.8. The maximum absolute atomic E-state index is 13.2. The summed E-state index contributed by atoms with van der Waals surface area (Å²) in [5.74, 6) is 0.635. The van der Waals surface area contributed by atoms with E-state index in [1.165, 1.54) is 18.2 Å². The SMILES string of the molecule is COc1ccc(-c2cc(NC(=S)Nc3ccc(F)c(Cl)c3)on2)cc1. The van der Waals surface area contributed by atoms with Crippen molar-refractivity contribution in [3.05, 3.63) is 59.4 Å². The van der Waals surface area contributed by atoms with Gasteiger partial charge in [-0.25, -0.2) is 4.39 Å². The van der Waals surface area contributed by atoms with E-state index >= 15 is 0 Å². The molecule has 0 bridgehead atoms. The second kappa shape index (κ2) is 7.50. The molecule has 0 fully saturated rings. The Hall–Kier alpha value is -2.64. The van der Waals surface area contributed by atoms with Crippen LogP contribution in [0.1, 0.15) is 0 Å². The second-order valence-corrected chi connectivity index (χ2v) is 5.83. The molecule has 1 heterocycles. The van der Waals surface area contributed by atoms with Crippen molar-refractivity contribution in [1.29, 1.82) is 0 Å². The summed E-state index contributed by atoms with van der Waals surface area (Å²) in [4.78, 5) is 0. The Balaban J connectivity index is 1.65. The molecule has 0 saturated carbocycles. The quantitative estimate of drug-likeness (QED) is 0.627. The molecule has 0 aliphatic carbocycles. The molecule has 0 spiro atoms. The Bertz CT molecular complexity index is 899. The number of rotatable bonds is 4. The number of thiocarbonyl (C=S) groups is 1. The molecule has 3 rings (SSSR count). The van der Waals surface area contributed by atoms with Gasteiger partial charge in [0.05, 0.1) is 12.1 Å². The topological polar surface area (TPSA) is 59.3 Å². The number of nitrogens with zero attached hydrogens (tertiary/aromatic N) is 1. The van der Waals surface area contributed by atoms with Crippen molar-refractivity contribution in [1.82, 2.24) is 5.16 Å². The number of ether oxygens (including phenoxy) is 1. The van der Waals surface area contributed by atoms with Gasteiger partial charge >= 0.3 is 0 Å². The highest BCUT2D eigenvalue weighted by Crippen LogP contribution is 2.24. The van der Waals surface area contributed by atoms with Gasteiger partial charge in [0.25, 0.3) is 0 Å². The molecule has 1 aromatic heterocycles. The predicted molar refractivity (Wildman–Crippen MR) is 99.7 cm³/mol. The van der Waals surface area contributed by atoms with Crippen LogP contribution in [-0.4, -0.2) is 17.4 Å². The summed E-state index contributed by atoms with van der Waals surface area (Å²) in [5, 5.41) is 10.0. The van der Waals surface area contributed by atoms with E-state index in [4.69, 9.17) is 33.1 Å². The molecule has 8 heteroatoms. The van der Waals surface area contributed by atoms with Crippen LogP contribution in [0.2, 0.25) is 5.02 Å². The van der Waals surface area contributed by atoms with Crippen LogP contribution in [0.3, 0.4) is 0 Å². The Morgan fingerprint density at radius 1 is 1.16 bits per heavy atom. The number of hydrogen-bond donors (Lipinski definition) is 2. The third kappa shape index (κ3) is 4.26. The molecule has 128 valence electrons.